The molecule has 0 aliphatic heterocycles. The fourth-order valence-corrected chi connectivity index (χ4v) is 1.90. The minimum atomic E-state index is 0.280. The van der Waals surface area contributed by atoms with Crippen molar-refractivity contribution in [1.29, 1.82) is 0 Å². The van der Waals surface area contributed by atoms with Gasteiger partial charge in [0.25, 0.3) is 0 Å². The van der Waals surface area contributed by atoms with Crippen LogP contribution in [0.15, 0.2) is 18.2 Å². The maximum Gasteiger partial charge on any atom is 0.189 e. The zero-order valence-electron chi connectivity index (χ0n) is 11.6. The van der Waals surface area contributed by atoms with Gasteiger partial charge in [0.05, 0.1) is 0 Å². The number of hydrogen-bond acceptors (Lipinski definition) is 2. The van der Waals surface area contributed by atoms with Gasteiger partial charge < -0.3 is 10.6 Å². The third-order valence-electron chi connectivity index (χ3n) is 2.56. The van der Waals surface area contributed by atoms with Crippen molar-refractivity contribution in [3.05, 3.63) is 29.3 Å². The second-order valence-electron chi connectivity index (χ2n) is 4.58. The fourth-order valence-electron chi connectivity index (χ4n) is 1.45. The molecule has 0 radical (unpaired) electrons. The summed E-state index contributed by atoms with van der Waals surface area (Å²) in [5.74, 6) is 0. The quantitative estimate of drug-likeness (QED) is 0.497. The molecule has 4 nitrogen and oxygen atoms in total. The highest BCUT2D eigenvalue weighted by Gasteiger charge is 2.03. The molecule has 0 heterocycles. The van der Waals surface area contributed by atoms with Gasteiger partial charge >= 0.3 is 0 Å². The summed E-state index contributed by atoms with van der Waals surface area (Å²) in [6, 6.07) is 6.33. The molecule has 1 aromatic rings. The van der Waals surface area contributed by atoms with Crippen molar-refractivity contribution in [3.63, 3.8) is 0 Å². The van der Waals surface area contributed by atoms with E-state index in [1.807, 2.05) is 26.0 Å². The Morgan fingerprint density at radius 3 is 2.32 bits per heavy atom. The predicted octanol–water partition coefficient (Wildman–Crippen LogP) is 2.38. The topological polar surface area (TPSA) is 48.1 Å². The van der Waals surface area contributed by atoms with Crippen LogP contribution in [0.3, 0.4) is 0 Å². The number of anilines is 1. The third kappa shape index (κ3) is 5.40. The highest BCUT2D eigenvalue weighted by Crippen LogP contribution is 2.17. The first-order valence-electron chi connectivity index (χ1n) is 6.10. The van der Waals surface area contributed by atoms with Gasteiger partial charge in [-0.1, -0.05) is 12.1 Å². The van der Waals surface area contributed by atoms with Crippen LogP contribution >= 0.6 is 24.4 Å². The lowest BCUT2D eigenvalue weighted by Crippen LogP contribution is -2.49. The molecule has 1 rings (SSSR count). The number of aryl methyl sites for hydroxylation is 1. The first kappa shape index (κ1) is 15.7. The SMILES string of the molecule is Cc1cccc(NC(=S)NNC(=S)NC(C)C)c1C. The molecule has 1 aromatic carbocycles. The number of benzene rings is 1. The molecule has 0 unspecified atom stereocenters. The maximum atomic E-state index is 5.20. The monoisotopic (exact) mass is 296 g/mol. The molecule has 0 atom stereocenters. The molecule has 0 aromatic heterocycles. The van der Waals surface area contributed by atoms with E-state index in [2.05, 4.69) is 41.4 Å². The summed E-state index contributed by atoms with van der Waals surface area (Å²) in [7, 11) is 0. The predicted molar refractivity (Wildman–Crippen MR) is 89.3 cm³/mol. The maximum absolute atomic E-state index is 5.20. The van der Waals surface area contributed by atoms with Crippen molar-refractivity contribution in [1.82, 2.24) is 16.2 Å². The number of hydrogen-bond donors (Lipinski definition) is 4. The Labute approximate surface area is 125 Å². The van der Waals surface area contributed by atoms with Gasteiger partial charge in [0, 0.05) is 11.7 Å². The molecule has 0 saturated carbocycles. The summed E-state index contributed by atoms with van der Waals surface area (Å²) in [6.07, 6.45) is 0. The van der Waals surface area contributed by atoms with Crippen molar-refractivity contribution in [2.75, 3.05) is 5.32 Å². The van der Waals surface area contributed by atoms with E-state index >= 15 is 0 Å². The summed E-state index contributed by atoms with van der Waals surface area (Å²) in [5.41, 5.74) is 9.07. The number of hydrazine groups is 1. The van der Waals surface area contributed by atoms with Gasteiger partial charge in [-0.3, -0.25) is 10.9 Å². The van der Waals surface area contributed by atoms with E-state index in [9.17, 15) is 0 Å². The van der Waals surface area contributed by atoms with Crippen molar-refractivity contribution < 1.29 is 0 Å². The Morgan fingerprint density at radius 2 is 1.68 bits per heavy atom. The number of nitrogens with one attached hydrogen (secondary N) is 4. The van der Waals surface area contributed by atoms with Gasteiger partial charge in [-0.15, -0.1) is 0 Å². The smallest absolute Gasteiger partial charge is 0.189 e. The molecule has 0 amide bonds. The van der Waals surface area contributed by atoms with Gasteiger partial charge in [0.2, 0.25) is 0 Å². The van der Waals surface area contributed by atoms with Crippen molar-refractivity contribution in [2.45, 2.75) is 33.7 Å². The Balaban J connectivity index is 2.48. The van der Waals surface area contributed by atoms with Gasteiger partial charge in [0.15, 0.2) is 10.2 Å². The average Bonchev–Trinajstić information content (AvgIpc) is 2.32. The minimum Gasteiger partial charge on any atom is -0.359 e. The number of rotatable bonds is 2. The molecule has 0 fully saturated rings. The molecule has 0 bridgehead atoms. The van der Waals surface area contributed by atoms with Gasteiger partial charge in [-0.05, 0) is 69.3 Å². The molecule has 104 valence electrons. The molecule has 0 aliphatic carbocycles. The minimum absolute atomic E-state index is 0.280. The summed E-state index contributed by atoms with van der Waals surface area (Å²) in [5, 5.41) is 7.17. The Bertz CT molecular complexity index is 472. The second kappa shape index (κ2) is 7.25. The van der Waals surface area contributed by atoms with Crippen LogP contribution in [0, 0.1) is 13.8 Å². The number of thiocarbonyl (C=S) groups is 2. The van der Waals surface area contributed by atoms with E-state index in [0.29, 0.717) is 10.2 Å². The lowest BCUT2D eigenvalue weighted by atomic mass is 10.1. The van der Waals surface area contributed by atoms with Crippen LogP contribution in [-0.4, -0.2) is 16.3 Å². The Kier molecular flexibility index (Phi) is 5.98. The second-order valence-corrected chi connectivity index (χ2v) is 5.40. The lowest BCUT2D eigenvalue weighted by molar-refractivity contribution is 0.705. The molecule has 0 spiro atoms. The molecule has 6 heteroatoms. The first-order chi connectivity index (χ1) is 8.90. The van der Waals surface area contributed by atoms with E-state index in [4.69, 9.17) is 24.4 Å². The van der Waals surface area contributed by atoms with Crippen LogP contribution in [0.2, 0.25) is 0 Å². The van der Waals surface area contributed by atoms with E-state index in [1.54, 1.807) is 0 Å². The van der Waals surface area contributed by atoms with Crippen LogP contribution in [0.5, 0.6) is 0 Å². The van der Waals surface area contributed by atoms with Crippen LogP contribution in [0.4, 0.5) is 5.69 Å². The normalized spacial score (nSPS) is 9.95. The van der Waals surface area contributed by atoms with E-state index in [-0.39, 0.29) is 6.04 Å². The molecule has 4 N–H and O–H groups in total. The van der Waals surface area contributed by atoms with Crippen LogP contribution in [-0.2, 0) is 0 Å². The lowest BCUT2D eigenvalue weighted by Gasteiger charge is -2.17. The molecular formula is C13H20N4S2. The highest BCUT2D eigenvalue weighted by molar-refractivity contribution is 7.80. The first-order valence-corrected chi connectivity index (χ1v) is 6.91. The zero-order chi connectivity index (χ0) is 14.4. The summed E-state index contributed by atoms with van der Waals surface area (Å²) in [6.45, 7) is 8.15. The fraction of sp³-hybridized carbons (Fsp3) is 0.385. The summed E-state index contributed by atoms with van der Waals surface area (Å²) in [4.78, 5) is 0. The summed E-state index contributed by atoms with van der Waals surface area (Å²) < 4.78 is 0. The standard InChI is InChI=1S/C13H20N4S2/c1-8(2)14-12(18)16-17-13(19)15-11-7-5-6-9(3)10(11)4/h5-8H,1-4H3,(H2,14,16,18)(H2,15,17,19). The molecule has 19 heavy (non-hydrogen) atoms. The van der Waals surface area contributed by atoms with E-state index in [1.165, 1.54) is 11.1 Å². The Morgan fingerprint density at radius 1 is 1.05 bits per heavy atom. The average molecular weight is 296 g/mol. The molecule has 0 aliphatic rings. The van der Waals surface area contributed by atoms with Crippen molar-refractivity contribution >= 4 is 40.3 Å². The van der Waals surface area contributed by atoms with Gasteiger partial charge in [0.1, 0.15) is 0 Å². The van der Waals surface area contributed by atoms with Crippen LogP contribution in [0.1, 0.15) is 25.0 Å². The molecular weight excluding hydrogens is 276 g/mol. The highest BCUT2D eigenvalue weighted by atomic mass is 32.1. The third-order valence-corrected chi connectivity index (χ3v) is 2.99. The summed E-state index contributed by atoms with van der Waals surface area (Å²) >= 11 is 10.3. The van der Waals surface area contributed by atoms with Crippen molar-refractivity contribution in [2.24, 2.45) is 0 Å². The van der Waals surface area contributed by atoms with Gasteiger partial charge in [-0.2, -0.15) is 0 Å². The van der Waals surface area contributed by atoms with E-state index in [0.717, 1.165) is 5.69 Å². The zero-order valence-corrected chi connectivity index (χ0v) is 13.3. The van der Waals surface area contributed by atoms with E-state index < -0.39 is 0 Å². The van der Waals surface area contributed by atoms with Crippen LogP contribution < -0.4 is 21.5 Å². The van der Waals surface area contributed by atoms with Gasteiger partial charge in [-0.25, -0.2) is 0 Å². The largest absolute Gasteiger partial charge is 0.359 e. The van der Waals surface area contributed by atoms with Crippen molar-refractivity contribution in [3.8, 4) is 0 Å². The van der Waals surface area contributed by atoms with Crippen LogP contribution in [0.25, 0.3) is 0 Å². The molecule has 0 saturated heterocycles. The Hall–Kier alpha value is -1.40.